The van der Waals surface area contributed by atoms with Crippen molar-refractivity contribution in [3.05, 3.63) is 71.3 Å². The van der Waals surface area contributed by atoms with E-state index < -0.39 is 0 Å². The van der Waals surface area contributed by atoms with Gasteiger partial charge in [-0.1, -0.05) is 50.2 Å². The highest BCUT2D eigenvalue weighted by Gasteiger charge is 2.22. The summed E-state index contributed by atoms with van der Waals surface area (Å²) in [6.07, 6.45) is 0. The molecule has 2 heterocycles. The Bertz CT molecular complexity index is 1090. The Morgan fingerprint density at radius 3 is 2.44 bits per heavy atom. The zero-order valence-corrected chi connectivity index (χ0v) is 19.3. The highest BCUT2D eigenvalue weighted by atomic mass is 16.5. The van der Waals surface area contributed by atoms with Crippen molar-refractivity contribution in [2.45, 2.75) is 33.2 Å². The highest BCUT2D eigenvalue weighted by Crippen LogP contribution is 2.25. The first kappa shape index (κ1) is 22.0. The number of hydrogen-bond donors (Lipinski definition) is 0. The van der Waals surface area contributed by atoms with Gasteiger partial charge in [0.1, 0.15) is 5.82 Å². The van der Waals surface area contributed by atoms with Gasteiger partial charge in [0.2, 0.25) is 5.82 Å². The summed E-state index contributed by atoms with van der Waals surface area (Å²) in [4.78, 5) is 21.7. The van der Waals surface area contributed by atoms with Crippen LogP contribution in [0.1, 0.15) is 47.3 Å². The third kappa shape index (κ3) is 4.53. The number of aromatic nitrogens is 3. The van der Waals surface area contributed by atoms with E-state index in [0.717, 1.165) is 43.2 Å². The predicted molar refractivity (Wildman–Crippen MR) is 125 cm³/mol. The molecule has 32 heavy (non-hydrogen) atoms. The number of ether oxygens (including phenoxy) is 1. The molecule has 0 N–H and O–H groups in total. The molecule has 0 spiro atoms. The number of para-hydroxylation sites is 2. The molecule has 3 aromatic rings. The van der Waals surface area contributed by atoms with Crippen LogP contribution >= 0.6 is 0 Å². The van der Waals surface area contributed by atoms with Crippen LogP contribution in [0, 0.1) is 6.92 Å². The van der Waals surface area contributed by atoms with Crippen LogP contribution in [-0.4, -0.2) is 58.9 Å². The normalized spacial score (nSPS) is 14.1. The van der Waals surface area contributed by atoms with Gasteiger partial charge in [-0.15, -0.1) is 5.10 Å². The zero-order chi connectivity index (χ0) is 22.7. The summed E-state index contributed by atoms with van der Waals surface area (Å²) in [7, 11) is 1.80. The van der Waals surface area contributed by atoms with Crippen molar-refractivity contribution in [1.29, 1.82) is 0 Å². The van der Waals surface area contributed by atoms with Gasteiger partial charge in [0.05, 0.1) is 18.9 Å². The van der Waals surface area contributed by atoms with Crippen molar-refractivity contribution < 1.29 is 9.53 Å². The Hall–Kier alpha value is -3.19. The molecule has 1 aromatic heterocycles. The van der Waals surface area contributed by atoms with Gasteiger partial charge in [-0.25, -0.2) is 9.67 Å². The molecular formula is C25H31N5O2. The molecule has 2 aromatic carbocycles. The SMILES string of the molecule is Cc1nc(C(=O)N(C)Cc2ccccc2N2CCOCC2)nn1-c1ccccc1C(C)C. The van der Waals surface area contributed by atoms with Gasteiger partial charge in [0.25, 0.3) is 5.91 Å². The van der Waals surface area contributed by atoms with E-state index in [-0.39, 0.29) is 11.7 Å². The van der Waals surface area contributed by atoms with Gasteiger partial charge in [0.15, 0.2) is 0 Å². The van der Waals surface area contributed by atoms with Crippen LogP contribution in [0.2, 0.25) is 0 Å². The average molecular weight is 434 g/mol. The van der Waals surface area contributed by atoms with Gasteiger partial charge in [-0.05, 0) is 36.1 Å². The molecule has 0 atom stereocenters. The fourth-order valence-corrected chi connectivity index (χ4v) is 4.13. The van der Waals surface area contributed by atoms with Crippen LogP contribution in [0.15, 0.2) is 48.5 Å². The van der Waals surface area contributed by atoms with Gasteiger partial charge in [0, 0.05) is 32.4 Å². The van der Waals surface area contributed by atoms with Crippen LogP contribution in [0.3, 0.4) is 0 Å². The Morgan fingerprint density at radius 2 is 1.72 bits per heavy atom. The number of carbonyl (C=O) groups is 1. The second kappa shape index (κ2) is 9.53. The van der Waals surface area contributed by atoms with Gasteiger partial charge < -0.3 is 14.5 Å². The van der Waals surface area contributed by atoms with Crippen LogP contribution < -0.4 is 4.90 Å². The molecule has 7 nitrogen and oxygen atoms in total. The molecule has 0 aliphatic carbocycles. The maximum atomic E-state index is 13.2. The second-order valence-corrected chi connectivity index (χ2v) is 8.50. The number of carbonyl (C=O) groups excluding carboxylic acids is 1. The smallest absolute Gasteiger partial charge is 0.293 e. The molecule has 168 valence electrons. The van der Waals surface area contributed by atoms with E-state index in [1.807, 2.05) is 37.3 Å². The molecule has 0 saturated carbocycles. The van der Waals surface area contributed by atoms with E-state index in [2.05, 4.69) is 47.0 Å². The molecule has 1 saturated heterocycles. The van der Waals surface area contributed by atoms with Crippen molar-refractivity contribution in [2.75, 3.05) is 38.3 Å². The standard InChI is InChI=1S/C25H31N5O2/c1-18(2)21-10-6-8-12-23(21)30-19(3)26-24(27-30)25(31)28(4)17-20-9-5-7-11-22(20)29-13-15-32-16-14-29/h5-12,18H,13-17H2,1-4H3. The lowest BCUT2D eigenvalue weighted by atomic mass is 10.0. The number of amides is 1. The summed E-state index contributed by atoms with van der Waals surface area (Å²) in [6.45, 7) is 9.83. The largest absolute Gasteiger partial charge is 0.378 e. The van der Waals surface area contributed by atoms with Crippen molar-refractivity contribution in [3.63, 3.8) is 0 Å². The first-order valence-electron chi connectivity index (χ1n) is 11.1. The lowest BCUT2D eigenvalue weighted by molar-refractivity contribution is 0.0772. The van der Waals surface area contributed by atoms with Crippen molar-refractivity contribution >= 4 is 11.6 Å². The fraction of sp³-hybridized carbons (Fsp3) is 0.400. The lowest BCUT2D eigenvalue weighted by Crippen LogP contribution is -2.37. The second-order valence-electron chi connectivity index (χ2n) is 8.50. The summed E-state index contributed by atoms with van der Waals surface area (Å²) in [5, 5.41) is 4.59. The van der Waals surface area contributed by atoms with Crippen molar-refractivity contribution in [3.8, 4) is 5.69 Å². The van der Waals surface area contributed by atoms with E-state index in [1.54, 1.807) is 16.6 Å². The maximum absolute atomic E-state index is 13.2. The molecule has 0 bridgehead atoms. The van der Waals surface area contributed by atoms with Gasteiger partial charge in [-0.3, -0.25) is 4.79 Å². The van der Waals surface area contributed by atoms with Crippen molar-refractivity contribution in [2.24, 2.45) is 0 Å². The minimum absolute atomic E-state index is 0.189. The van der Waals surface area contributed by atoms with Gasteiger partial charge >= 0.3 is 0 Å². The topological polar surface area (TPSA) is 63.5 Å². The summed E-state index contributed by atoms with van der Waals surface area (Å²) >= 11 is 0. The Kier molecular flexibility index (Phi) is 6.55. The average Bonchev–Trinajstić information content (AvgIpc) is 3.20. The Labute approximate surface area is 189 Å². The molecule has 0 unspecified atom stereocenters. The zero-order valence-electron chi connectivity index (χ0n) is 19.3. The molecule has 4 rings (SSSR count). The monoisotopic (exact) mass is 433 g/mol. The molecule has 1 aliphatic rings. The predicted octanol–water partition coefficient (Wildman–Crippen LogP) is 3.81. The van der Waals surface area contributed by atoms with Gasteiger partial charge in [-0.2, -0.15) is 0 Å². The summed E-state index contributed by atoms with van der Waals surface area (Å²) in [6, 6.07) is 16.4. The minimum Gasteiger partial charge on any atom is -0.378 e. The third-order valence-electron chi connectivity index (χ3n) is 5.84. The quantitative estimate of drug-likeness (QED) is 0.592. The fourth-order valence-electron chi connectivity index (χ4n) is 4.13. The van der Waals surface area contributed by atoms with Crippen LogP contribution in [-0.2, 0) is 11.3 Å². The van der Waals surface area contributed by atoms with E-state index in [9.17, 15) is 4.79 Å². The summed E-state index contributed by atoms with van der Waals surface area (Å²) in [5.74, 6) is 1.06. The number of anilines is 1. The molecule has 1 fully saturated rings. The van der Waals surface area contributed by atoms with E-state index in [0.29, 0.717) is 18.3 Å². The summed E-state index contributed by atoms with van der Waals surface area (Å²) < 4.78 is 7.26. The highest BCUT2D eigenvalue weighted by molar-refractivity contribution is 5.90. The minimum atomic E-state index is -0.189. The number of aryl methyl sites for hydroxylation is 1. The number of hydrogen-bond acceptors (Lipinski definition) is 5. The van der Waals surface area contributed by atoms with E-state index in [4.69, 9.17) is 4.74 Å². The number of morpholine rings is 1. The number of rotatable bonds is 6. The van der Waals surface area contributed by atoms with Crippen LogP contribution in [0.5, 0.6) is 0 Å². The molecule has 7 heteroatoms. The molecule has 1 aliphatic heterocycles. The van der Waals surface area contributed by atoms with Crippen LogP contribution in [0.25, 0.3) is 5.69 Å². The lowest BCUT2D eigenvalue weighted by Gasteiger charge is -2.31. The maximum Gasteiger partial charge on any atom is 0.293 e. The Morgan fingerprint density at radius 1 is 1.06 bits per heavy atom. The summed E-state index contributed by atoms with van der Waals surface area (Å²) in [5.41, 5.74) is 4.39. The van der Waals surface area contributed by atoms with Crippen molar-refractivity contribution in [1.82, 2.24) is 19.7 Å². The Balaban J connectivity index is 1.56. The van der Waals surface area contributed by atoms with Crippen LogP contribution in [0.4, 0.5) is 5.69 Å². The third-order valence-corrected chi connectivity index (χ3v) is 5.84. The van der Waals surface area contributed by atoms with E-state index >= 15 is 0 Å². The first-order chi connectivity index (χ1) is 15.5. The number of benzene rings is 2. The molecule has 1 amide bonds. The molecular weight excluding hydrogens is 402 g/mol. The molecule has 0 radical (unpaired) electrons. The number of nitrogens with zero attached hydrogens (tertiary/aromatic N) is 5. The first-order valence-corrected chi connectivity index (χ1v) is 11.1. The van der Waals surface area contributed by atoms with E-state index in [1.165, 1.54) is 5.56 Å².